The Bertz CT molecular complexity index is 654. The Morgan fingerprint density at radius 2 is 1.47 bits per heavy atom. The molecule has 2 aromatic rings. The molecule has 1 aliphatic rings. The van der Waals surface area contributed by atoms with Gasteiger partial charge in [-0.2, -0.15) is 0 Å². The van der Waals surface area contributed by atoms with E-state index in [0.29, 0.717) is 26.2 Å². The molecule has 0 fully saturated rings. The summed E-state index contributed by atoms with van der Waals surface area (Å²) in [6.45, 7) is 0. The number of carbonyl (C=O) groups excluding carboxylic acids is 2. The number of fused-ring (bicyclic) bond motifs is 1. The molecular weight excluding hydrogens is 328 g/mol. The minimum atomic E-state index is -0.833. The number of hydrogen-bond acceptors (Lipinski definition) is 2. The van der Waals surface area contributed by atoms with Gasteiger partial charge in [0.1, 0.15) is 5.92 Å². The smallest absolute Gasteiger partial charge is 0.178 e. The number of benzene rings is 2. The van der Waals surface area contributed by atoms with Crippen LogP contribution in [0.15, 0.2) is 46.9 Å². The van der Waals surface area contributed by atoms with Crippen molar-refractivity contribution in [3.05, 3.63) is 68.7 Å². The maximum Gasteiger partial charge on any atom is 0.178 e. The van der Waals surface area contributed by atoms with Crippen LogP contribution in [0.3, 0.4) is 0 Å². The van der Waals surface area contributed by atoms with Crippen LogP contribution in [0.4, 0.5) is 0 Å². The Balaban J connectivity index is 2.20. The summed E-state index contributed by atoms with van der Waals surface area (Å²) in [6, 6.07) is 12.1. The zero-order valence-electron chi connectivity index (χ0n) is 9.69. The third-order valence-electron chi connectivity index (χ3n) is 3.27. The van der Waals surface area contributed by atoms with E-state index in [2.05, 4.69) is 15.9 Å². The number of rotatable bonds is 1. The first-order valence-corrected chi connectivity index (χ1v) is 6.89. The van der Waals surface area contributed by atoms with Crippen LogP contribution in [-0.4, -0.2) is 11.6 Å². The quantitative estimate of drug-likeness (QED) is 0.730. The molecule has 0 bridgehead atoms. The Labute approximate surface area is 123 Å². The summed E-state index contributed by atoms with van der Waals surface area (Å²) in [5.41, 5.74) is 1.50. The number of carbonyl (C=O) groups is 2. The monoisotopic (exact) mass is 334 g/mol. The molecule has 0 radical (unpaired) electrons. The molecule has 0 saturated heterocycles. The summed E-state index contributed by atoms with van der Waals surface area (Å²) in [6.07, 6.45) is 0. The number of halogens is 2. The van der Waals surface area contributed by atoms with Crippen LogP contribution < -0.4 is 0 Å². The highest BCUT2D eigenvalue weighted by Gasteiger charge is 2.41. The van der Waals surface area contributed by atoms with E-state index in [0.717, 1.165) is 0 Å². The summed E-state index contributed by atoms with van der Waals surface area (Å²) >= 11 is 9.52. The lowest BCUT2D eigenvalue weighted by Gasteiger charge is -2.11. The van der Waals surface area contributed by atoms with Crippen molar-refractivity contribution in [2.24, 2.45) is 0 Å². The Hall–Kier alpha value is -1.45. The molecule has 1 aliphatic carbocycles. The van der Waals surface area contributed by atoms with Gasteiger partial charge < -0.3 is 0 Å². The van der Waals surface area contributed by atoms with E-state index in [1.165, 1.54) is 0 Å². The van der Waals surface area contributed by atoms with E-state index in [4.69, 9.17) is 11.6 Å². The van der Waals surface area contributed by atoms with Crippen molar-refractivity contribution >= 4 is 39.1 Å². The second-order valence-corrected chi connectivity index (χ2v) is 5.60. The molecule has 3 rings (SSSR count). The zero-order chi connectivity index (χ0) is 13.6. The fraction of sp³-hybridized carbons (Fsp3) is 0.0667. The molecule has 0 saturated carbocycles. The molecule has 0 heterocycles. The number of hydrogen-bond donors (Lipinski definition) is 0. The first-order chi connectivity index (χ1) is 9.11. The Morgan fingerprint density at radius 3 is 2.00 bits per heavy atom. The van der Waals surface area contributed by atoms with Crippen LogP contribution in [0.1, 0.15) is 32.2 Å². The van der Waals surface area contributed by atoms with E-state index in [9.17, 15) is 9.59 Å². The molecule has 94 valence electrons. The van der Waals surface area contributed by atoms with Crippen molar-refractivity contribution in [2.75, 3.05) is 0 Å². The van der Waals surface area contributed by atoms with E-state index in [-0.39, 0.29) is 11.6 Å². The molecular formula is C15H8BrClO2. The van der Waals surface area contributed by atoms with Gasteiger partial charge in [0.05, 0.1) is 0 Å². The molecule has 2 aromatic carbocycles. The van der Waals surface area contributed by atoms with Gasteiger partial charge in [-0.3, -0.25) is 9.59 Å². The van der Waals surface area contributed by atoms with E-state index < -0.39 is 5.92 Å². The van der Waals surface area contributed by atoms with Gasteiger partial charge in [-0.15, -0.1) is 0 Å². The van der Waals surface area contributed by atoms with Gasteiger partial charge in [0.25, 0.3) is 0 Å². The van der Waals surface area contributed by atoms with E-state index in [1.807, 2.05) is 0 Å². The fourth-order valence-electron chi connectivity index (χ4n) is 2.39. The molecule has 0 amide bonds. The van der Waals surface area contributed by atoms with Crippen LogP contribution >= 0.6 is 27.5 Å². The van der Waals surface area contributed by atoms with Crippen LogP contribution in [0, 0.1) is 0 Å². The SMILES string of the molecule is O=C1c2ccccc2C(=O)C1c1c(Cl)cccc1Br. The van der Waals surface area contributed by atoms with E-state index in [1.54, 1.807) is 42.5 Å². The number of ketones is 2. The highest BCUT2D eigenvalue weighted by atomic mass is 79.9. The molecule has 0 spiro atoms. The maximum atomic E-state index is 12.4. The third-order valence-corrected chi connectivity index (χ3v) is 4.29. The lowest BCUT2D eigenvalue weighted by Crippen LogP contribution is -2.14. The molecule has 4 heteroatoms. The van der Waals surface area contributed by atoms with Gasteiger partial charge >= 0.3 is 0 Å². The average Bonchev–Trinajstić information content (AvgIpc) is 2.64. The minimum absolute atomic E-state index is 0.186. The second kappa shape index (κ2) is 4.58. The van der Waals surface area contributed by atoms with Gasteiger partial charge in [-0.25, -0.2) is 0 Å². The molecule has 0 unspecified atom stereocenters. The summed E-state index contributed by atoms with van der Waals surface area (Å²) in [5, 5.41) is 0.425. The molecule has 0 N–H and O–H groups in total. The predicted octanol–water partition coefficient (Wildman–Crippen LogP) is 4.27. The predicted molar refractivity (Wildman–Crippen MR) is 77.0 cm³/mol. The van der Waals surface area contributed by atoms with Gasteiger partial charge in [-0.1, -0.05) is 57.9 Å². The standard InChI is InChI=1S/C15H8BrClO2/c16-10-6-3-7-11(17)12(10)13-14(18)8-4-1-2-5-9(8)15(13)19/h1-7,13H. The second-order valence-electron chi connectivity index (χ2n) is 4.34. The van der Waals surface area contributed by atoms with Crippen molar-refractivity contribution in [3.8, 4) is 0 Å². The largest absolute Gasteiger partial charge is 0.293 e. The Morgan fingerprint density at radius 1 is 0.895 bits per heavy atom. The summed E-state index contributed by atoms with van der Waals surface area (Å²) in [4.78, 5) is 24.8. The number of Topliss-reactive ketones (excluding diaryl/α,β-unsaturated/α-hetero) is 2. The van der Waals surface area contributed by atoms with Crippen LogP contribution in [0.25, 0.3) is 0 Å². The third kappa shape index (κ3) is 1.85. The summed E-state index contributed by atoms with van der Waals surface area (Å²) in [7, 11) is 0. The fourth-order valence-corrected chi connectivity index (χ4v) is 3.38. The minimum Gasteiger partial charge on any atom is -0.293 e. The van der Waals surface area contributed by atoms with Gasteiger partial charge in [0.2, 0.25) is 0 Å². The maximum absolute atomic E-state index is 12.4. The highest BCUT2D eigenvalue weighted by molar-refractivity contribution is 9.10. The normalized spacial score (nSPS) is 14.8. The van der Waals surface area contributed by atoms with Crippen LogP contribution in [-0.2, 0) is 0 Å². The first kappa shape index (κ1) is 12.6. The topological polar surface area (TPSA) is 34.1 Å². The Kier molecular flexibility index (Phi) is 3.03. The molecule has 19 heavy (non-hydrogen) atoms. The van der Waals surface area contributed by atoms with Crippen molar-refractivity contribution in [3.63, 3.8) is 0 Å². The van der Waals surface area contributed by atoms with Crippen molar-refractivity contribution < 1.29 is 9.59 Å². The van der Waals surface area contributed by atoms with Crippen molar-refractivity contribution in [2.45, 2.75) is 5.92 Å². The molecule has 0 aromatic heterocycles. The van der Waals surface area contributed by atoms with E-state index >= 15 is 0 Å². The van der Waals surface area contributed by atoms with Crippen molar-refractivity contribution in [1.82, 2.24) is 0 Å². The first-order valence-electron chi connectivity index (χ1n) is 5.72. The summed E-state index contributed by atoms with van der Waals surface area (Å²) in [5.74, 6) is -1.20. The van der Waals surface area contributed by atoms with Crippen LogP contribution in [0.5, 0.6) is 0 Å². The van der Waals surface area contributed by atoms with Gasteiger partial charge in [0, 0.05) is 26.2 Å². The molecule has 2 nitrogen and oxygen atoms in total. The van der Waals surface area contributed by atoms with Gasteiger partial charge in [0.15, 0.2) is 11.6 Å². The highest BCUT2D eigenvalue weighted by Crippen LogP contribution is 2.40. The lowest BCUT2D eigenvalue weighted by atomic mass is 9.94. The lowest BCUT2D eigenvalue weighted by molar-refractivity contribution is 0.0890. The molecule has 0 atom stereocenters. The van der Waals surface area contributed by atoms with Crippen molar-refractivity contribution in [1.29, 1.82) is 0 Å². The molecule has 0 aliphatic heterocycles. The summed E-state index contributed by atoms with van der Waals surface area (Å²) < 4.78 is 0.680. The van der Waals surface area contributed by atoms with Crippen LogP contribution in [0.2, 0.25) is 5.02 Å². The van der Waals surface area contributed by atoms with Gasteiger partial charge in [-0.05, 0) is 12.1 Å². The zero-order valence-corrected chi connectivity index (χ0v) is 12.0. The average molecular weight is 336 g/mol.